The van der Waals surface area contributed by atoms with Gasteiger partial charge >= 0.3 is 0 Å². The molecule has 1 atom stereocenters. The number of nitrogens with zero attached hydrogens (tertiary/aromatic N) is 1. The van der Waals surface area contributed by atoms with E-state index in [1.165, 1.54) is 12.1 Å². The van der Waals surface area contributed by atoms with Crippen LogP contribution in [0.15, 0.2) is 36.5 Å². The summed E-state index contributed by atoms with van der Waals surface area (Å²) >= 11 is 5.65. The minimum Gasteiger partial charge on any atom is -0.484 e. The first-order chi connectivity index (χ1) is 15.4. The minimum atomic E-state index is -0.593. The van der Waals surface area contributed by atoms with Crippen LogP contribution in [-0.4, -0.2) is 35.0 Å². The van der Waals surface area contributed by atoms with E-state index in [1.54, 1.807) is 12.3 Å². The molecule has 5 rings (SSSR count). The second-order valence-corrected chi connectivity index (χ2v) is 9.21. The van der Waals surface area contributed by atoms with Crippen molar-refractivity contribution in [2.75, 3.05) is 6.61 Å². The van der Waals surface area contributed by atoms with E-state index in [1.807, 2.05) is 6.07 Å². The van der Waals surface area contributed by atoms with Crippen molar-refractivity contribution in [2.24, 2.45) is 5.92 Å². The molecule has 3 saturated carbocycles. The third-order valence-corrected chi connectivity index (χ3v) is 6.65. The van der Waals surface area contributed by atoms with Gasteiger partial charge in [0.05, 0.1) is 5.02 Å². The molecular formula is C24H27ClFN3O3. The van der Waals surface area contributed by atoms with Crippen LogP contribution in [0.4, 0.5) is 4.39 Å². The number of aromatic nitrogens is 1. The first-order valence-electron chi connectivity index (χ1n) is 11.0. The van der Waals surface area contributed by atoms with Gasteiger partial charge in [-0.25, -0.2) is 4.39 Å². The number of fused-ring (bicyclic) bond motifs is 1. The molecule has 6 nitrogen and oxygen atoms in total. The van der Waals surface area contributed by atoms with Crippen molar-refractivity contribution in [3.63, 3.8) is 0 Å². The van der Waals surface area contributed by atoms with Gasteiger partial charge in [0, 0.05) is 23.8 Å². The lowest BCUT2D eigenvalue weighted by Crippen LogP contribution is -2.53. The molecule has 170 valence electrons. The quantitative estimate of drug-likeness (QED) is 0.592. The maximum Gasteiger partial charge on any atom is 0.270 e. The first kappa shape index (κ1) is 22.5. The molecule has 0 spiro atoms. The number of hydrogen-bond donors (Lipinski definition) is 2. The van der Waals surface area contributed by atoms with E-state index in [0.717, 1.165) is 43.7 Å². The van der Waals surface area contributed by atoms with E-state index >= 15 is 0 Å². The number of pyridine rings is 1. The third kappa shape index (κ3) is 5.04. The monoisotopic (exact) mass is 459 g/mol. The topological polar surface area (TPSA) is 80.3 Å². The maximum atomic E-state index is 13.5. The lowest BCUT2D eigenvalue weighted by molar-refractivity contribution is -0.125. The van der Waals surface area contributed by atoms with E-state index in [9.17, 15) is 14.0 Å². The van der Waals surface area contributed by atoms with Crippen LogP contribution < -0.4 is 15.4 Å². The summed E-state index contributed by atoms with van der Waals surface area (Å²) in [6.07, 6.45) is 7.29. The molecule has 2 amide bonds. The standard InChI is InChI=1S/C24H27ClFN3O3/c1-2-3-4-15-5-8-20(27-13-15)23(31)28-21-12-24(10-16(21)11-24)29-22(30)14-32-17-6-7-18(25)19(26)9-17/h5-9,13,16,21H,2-4,10-12,14H2,1H3,(H,28,31)(H,29,30)/t16?,21-,24?/m1/s1. The van der Waals surface area contributed by atoms with Crippen LogP contribution in [0, 0.1) is 11.7 Å². The van der Waals surface area contributed by atoms with E-state index in [-0.39, 0.29) is 40.8 Å². The zero-order chi connectivity index (χ0) is 22.7. The van der Waals surface area contributed by atoms with Crippen molar-refractivity contribution in [2.45, 2.75) is 57.0 Å². The predicted octanol–water partition coefficient (Wildman–Crippen LogP) is 4.06. The van der Waals surface area contributed by atoms with E-state index in [0.29, 0.717) is 18.0 Å². The molecule has 2 bridgehead atoms. The molecule has 0 aliphatic heterocycles. The Morgan fingerprint density at radius 3 is 2.75 bits per heavy atom. The Balaban J connectivity index is 1.25. The Morgan fingerprint density at radius 1 is 1.25 bits per heavy atom. The van der Waals surface area contributed by atoms with Crippen molar-refractivity contribution in [3.05, 3.63) is 58.6 Å². The van der Waals surface area contributed by atoms with Gasteiger partial charge < -0.3 is 15.4 Å². The molecule has 3 aliphatic rings. The average Bonchev–Trinajstić information content (AvgIpc) is 3.26. The molecule has 0 radical (unpaired) electrons. The number of hydrogen-bond acceptors (Lipinski definition) is 4. The lowest BCUT2D eigenvalue weighted by atomic mass is 9.76. The maximum absolute atomic E-state index is 13.5. The van der Waals surface area contributed by atoms with Gasteiger partial charge in [-0.2, -0.15) is 0 Å². The number of nitrogens with one attached hydrogen (secondary N) is 2. The van der Waals surface area contributed by atoms with Gasteiger partial charge in [-0.05, 0) is 61.8 Å². The lowest BCUT2D eigenvalue weighted by Gasteiger charge is -2.39. The number of carbonyl (C=O) groups excluding carboxylic acids is 2. The van der Waals surface area contributed by atoms with E-state index in [2.05, 4.69) is 22.5 Å². The van der Waals surface area contributed by atoms with Crippen molar-refractivity contribution in [1.29, 1.82) is 0 Å². The Bertz CT molecular complexity index is 992. The molecule has 0 saturated heterocycles. The molecule has 2 aromatic rings. The van der Waals surface area contributed by atoms with Crippen molar-refractivity contribution < 1.29 is 18.7 Å². The number of carbonyl (C=O) groups is 2. The van der Waals surface area contributed by atoms with Crippen LogP contribution in [0.1, 0.15) is 55.1 Å². The number of halogens is 2. The summed E-state index contributed by atoms with van der Waals surface area (Å²) in [5.41, 5.74) is 1.24. The van der Waals surface area contributed by atoms with Crippen molar-refractivity contribution in [1.82, 2.24) is 15.6 Å². The van der Waals surface area contributed by atoms with Crippen LogP contribution in [-0.2, 0) is 11.2 Å². The fourth-order valence-electron chi connectivity index (χ4n) is 4.68. The molecule has 0 unspecified atom stereocenters. The zero-order valence-electron chi connectivity index (χ0n) is 18.0. The fourth-order valence-corrected chi connectivity index (χ4v) is 4.80. The second-order valence-electron chi connectivity index (χ2n) is 8.80. The molecule has 8 heteroatoms. The van der Waals surface area contributed by atoms with Gasteiger partial charge in [-0.3, -0.25) is 14.6 Å². The highest BCUT2D eigenvalue weighted by atomic mass is 35.5. The summed E-state index contributed by atoms with van der Waals surface area (Å²) in [5.74, 6) is -0.455. The molecule has 1 aromatic carbocycles. The highest BCUT2D eigenvalue weighted by Crippen LogP contribution is 2.52. The molecule has 32 heavy (non-hydrogen) atoms. The second kappa shape index (κ2) is 9.45. The largest absolute Gasteiger partial charge is 0.484 e. The van der Waals surface area contributed by atoms with Crippen LogP contribution in [0.2, 0.25) is 5.02 Å². The number of aryl methyl sites for hydroxylation is 1. The SMILES string of the molecule is CCCCc1ccc(C(=O)N[C@@H]2CC3(NC(=O)COc4ccc(Cl)c(F)c4)CC2C3)nc1. The van der Waals surface area contributed by atoms with Crippen molar-refractivity contribution in [3.8, 4) is 5.75 Å². The smallest absolute Gasteiger partial charge is 0.270 e. The Labute approximate surface area is 191 Å². The number of unbranched alkanes of at least 4 members (excludes halogenated alkanes) is 1. The number of amides is 2. The third-order valence-electron chi connectivity index (χ3n) is 6.34. The normalized spacial score (nSPS) is 23.3. The van der Waals surface area contributed by atoms with Crippen LogP contribution in [0.5, 0.6) is 5.75 Å². The van der Waals surface area contributed by atoms with Gasteiger partial charge in [-0.15, -0.1) is 0 Å². The van der Waals surface area contributed by atoms with E-state index in [4.69, 9.17) is 16.3 Å². The molecule has 1 aromatic heterocycles. The van der Waals surface area contributed by atoms with Crippen LogP contribution in [0.3, 0.4) is 0 Å². The summed E-state index contributed by atoms with van der Waals surface area (Å²) in [4.78, 5) is 29.3. The van der Waals surface area contributed by atoms with Gasteiger partial charge in [0.25, 0.3) is 11.8 Å². The summed E-state index contributed by atoms with van der Waals surface area (Å²) in [6.45, 7) is 1.93. The van der Waals surface area contributed by atoms with Crippen LogP contribution in [0.25, 0.3) is 0 Å². The number of ether oxygens (including phenoxy) is 1. The molecular weight excluding hydrogens is 433 g/mol. The summed E-state index contributed by atoms with van der Waals surface area (Å²) < 4.78 is 18.9. The Kier molecular flexibility index (Phi) is 6.65. The molecule has 1 heterocycles. The molecule has 3 aliphatic carbocycles. The van der Waals surface area contributed by atoms with Crippen LogP contribution >= 0.6 is 11.6 Å². The minimum absolute atomic E-state index is 0.00267. The highest BCUT2D eigenvalue weighted by Gasteiger charge is 2.57. The average molecular weight is 460 g/mol. The summed E-state index contributed by atoms with van der Waals surface area (Å²) in [5, 5.41) is 6.12. The van der Waals surface area contributed by atoms with Gasteiger partial charge in [0.1, 0.15) is 17.3 Å². The predicted molar refractivity (Wildman–Crippen MR) is 119 cm³/mol. The van der Waals surface area contributed by atoms with Gasteiger partial charge in [-0.1, -0.05) is 31.0 Å². The Hall–Kier alpha value is -2.67. The molecule has 3 fully saturated rings. The van der Waals surface area contributed by atoms with Crippen molar-refractivity contribution >= 4 is 23.4 Å². The Morgan fingerprint density at radius 2 is 2.06 bits per heavy atom. The van der Waals surface area contributed by atoms with E-state index < -0.39 is 5.82 Å². The molecule has 2 N–H and O–H groups in total. The first-order valence-corrected chi connectivity index (χ1v) is 11.4. The van der Waals surface area contributed by atoms with Gasteiger partial charge in [0.15, 0.2) is 6.61 Å². The summed E-state index contributed by atoms with van der Waals surface area (Å²) in [7, 11) is 0. The fraction of sp³-hybridized carbons (Fsp3) is 0.458. The zero-order valence-corrected chi connectivity index (χ0v) is 18.8. The summed E-state index contributed by atoms with van der Waals surface area (Å²) in [6, 6.07) is 7.79. The number of rotatable bonds is 9. The highest BCUT2D eigenvalue weighted by molar-refractivity contribution is 6.30. The van der Waals surface area contributed by atoms with Gasteiger partial charge in [0.2, 0.25) is 0 Å². The number of benzene rings is 1.